The summed E-state index contributed by atoms with van der Waals surface area (Å²) in [6.07, 6.45) is 1.66. The first-order valence-electron chi connectivity index (χ1n) is 4.67. The molecule has 0 radical (unpaired) electrons. The Labute approximate surface area is 89.6 Å². The summed E-state index contributed by atoms with van der Waals surface area (Å²) in [7, 11) is -3.11. The molecule has 1 rings (SSSR count). The van der Waals surface area contributed by atoms with Crippen LogP contribution in [0.15, 0.2) is 11.5 Å². The van der Waals surface area contributed by atoms with Crippen molar-refractivity contribution in [2.75, 3.05) is 5.75 Å². The van der Waals surface area contributed by atoms with E-state index in [-0.39, 0.29) is 18.1 Å². The summed E-state index contributed by atoms with van der Waals surface area (Å²) in [5.41, 5.74) is 5.09. The molecular weight excluding hydrogens is 216 g/mol. The van der Waals surface area contributed by atoms with Crippen LogP contribution in [-0.2, 0) is 14.6 Å². The SMILES string of the molecule is CC(C)(N)CC(=O)NC1C=CS(=O)(=O)C1. The molecule has 0 aliphatic carbocycles. The van der Waals surface area contributed by atoms with Gasteiger partial charge < -0.3 is 11.1 Å². The molecule has 1 amide bonds. The minimum Gasteiger partial charge on any atom is -0.349 e. The topological polar surface area (TPSA) is 89.3 Å². The van der Waals surface area contributed by atoms with Crippen molar-refractivity contribution in [3.63, 3.8) is 0 Å². The molecule has 1 heterocycles. The lowest BCUT2D eigenvalue weighted by Crippen LogP contribution is -2.42. The maximum Gasteiger partial charge on any atom is 0.222 e. The first-order valence-corrected chi connectivity index (χ1v) is 6.39. The van der Waals surface area contributed by atoms with E-state index in [2.05, 4.69) is 5.32 Å². The van der Waals surface area contributed by atoms with Gasteiger partial charge in [0.1, 0.15) is 0 Å². The molecule has 0 aromatic carbocycles. The second-order valence-corrected chi connectivity index (χ2v) is 6.43. The van der Waals surface area contributed by atoms with Crippen molar-refractivity contribution in [1.29, 1.82) is 0 Å². The molecule has 1 aliphatic heterocycles. The van der Waals surface area contributed by atoms with Crippen LogP contribution >= 0.6 is 0 Å². The van der Waals surface area contributed by atoms with E-state index in [9.17, 15) is 13.2 Å². The number of carbonyl (C=O) groups is 1. The molecule has 1 aliphatic rings. The summed E-state index contributed by atoms with van der Waals surface area (Å²) in [5, 5.41) is 3.74. The van der Waals surface area contributed by atoms with Gasteiger partial charge in [0.25, 0.3) is 0 Å². The Balaban J connectivity index is 2.45. The second kappa shape index (κ2) is 3.94. The van der Waals surface area contributed by atoms with Crippen molar-refractivity contribution in [1.82, 2.24) is 5.32 Å². The lowest BCUT2D eigenvalue weighted by Gasteiger charge is -2.19. The minimum atomic E-state index is -3.11. The molecule has 86 valence electrons. The van der Waals surface area contributed by atoms with Crippen LogP contribution < -0.4 is 11.1 Å². The predicted octanol–water partition coefficient (Wildman–Crippen LogP) is -0.459. The van der Waals surface area contributed by atoms with Crippen LogP contribution in [0.25, 0.3) is 0 Å². The number of hydrogen-bond donors (Lipinski definition) is 2. The van der Waals surface area contributed by atoms with Gasteiger partial charge in [-0.1, -0.05) is 0 Å². The number of hydrogen-bond acceptors (Lipinski definition) is 4. The zero-order chi connectivity index (χ0) is 11.7. The lowest BCUT2D eigenvalue weighted by atomic mass is 10.0. The summed E-state index contributed by atoms with van der Waals surface area (Å²) in [4.78, 5) is 11.4. The third-order valence-electron chi connectivity index (χ3n) is 1.89. The average molecular weight is 232 g/mol. The Hall–Kier alpha value is -0.880. The van der Waals surface area contributed by atoms with E-state index in [1.165, 1.54) is 6.08 Å². The fourth-order valence-corrected chi connectivity index (χ4v) is 2.57. The molecule has 0 bridgehead atoms. The monoisotopic (exact) mass is 232 g/mol. The molecule has 1 atom stereocenters. The highest BCUT2D eigenvalue weighted by Gasteiger charge is 2.24. The summed E-state index contributed by atoms with van der Waals surface area (Å²) < 4.78 is 22.1. The van der Waals surface area contributed by atoms with Gasteiger partial charge >= 0.3 is 0 Å². The average Bonchev–Trinajstić information content (AvgIpc) is 2.25. The molecule has 0 spiro atoms. The standard InChI is InChI=1S/C9H16N2O3S/c1-9(2,10)5-8(12)11-7-3-4-15(13,14)6-7/h3-4,7H,5-6,10H2,1-2H3,(H,11,12). The molecule has 0 fully saturated rings. The molecular formula is C9H16N2O3S. The highest BCUT2D eigenvalue weighted by molar-refractivity contribution is 7.94. The molecule has 6 heteroatoms. The van der Waals surface area contributed by atoms with E-state index in [4.69, 9.17) is 5.73 Å². The molecule has 0 aromatic rings. The van der Waals surface area contributed by atoms with E-state index in [0.717, 1.165) is 5.41 Å². The van der Waals surface area contributed by atoms with Crippen LogP contribution in [0.2, 0.25) is 0 Å². The summed E-state index contributed by atoms with van der Waals surface area (Å²) in [5.74, 6) is -0.279. The Morgan fingerprint density at radius 2 is 2.20 bits per heavy atom. The fraction of sp³-hybridized carbons (Fsp3) is 0.667. The van der Waals surface area contributed by atoms with Gasteiger partial charge in [-0.25, -0.2) is 8.42 Å². The van der Waals surface area contributed by atoms with Crippen LogP contribution in [0, 0.1) is 0 Å². The minimum absolute atomic E-state index is 0.0518. The van der Waals surface area contributed by atoms with E-state index in [1.54, 1.807) is 13.8 Å². The zero-order valence-corrected chi connectivity index (χ0v) is 9.67. The van der Waals surface area contributed by atoms with Gasteiger partial charge in [-0.3, -0.25) is 4.79 Å². The van der Waals surface area contributed by atoms with Gasteiger partial charge in [0.15, 0.2) is 9.84 Å². The molecule has 3 N–H and O–H groups in total. The summed E-state index contributed by atoms with van der Waals surface area (Å²) >= 11 is 0. The van der Waals surface area contributed by atoms with Crippen LogP contribution in [-0.4, -0.2) is 31.7 Å². The quantitative estimate of drug-likeness (QED) is 0.689. The van der Waals surface area contributed by atoms with Crippen LogP contribution in [0.5, 0.6) is 0 Å². The van der Waals surface area contributed by atoms with Crippen LogP contribution in [0.1, 0.15) is 20.3 Å². The van der Waals surface area contributed by atoms with Gasteiger partial charge in [-0.05, 0) is 19.9 Å². The number of rotatable bonds is 3. The predicted molar refractivity (Wildman–Crippen MR) is 57.7 cm³/mol. The third-order valence-corrected chi connectivity index (χ3v) is 3.29. The Bertz CT molecular complexity index is 379. The van der Waals surface area contributed by atoms with Crippen molar-refractivity contribution >= 4 is 15.7 Å². The zero-order valence-electron chi connectivity index (χ0n) is 8.86. The summed E-state index contributed by atoms with van der Waals surface area (Å²) in [6, 6.07) is -0.412. The smallest absolute Gasteiger partial charge is 0.222 e. The van der Waals surface area contributed by atoms with E-state index < -0.39 is 21.4 Å². The Morgan fingerprint density at radius 1 is 1.60 bits per heavy atom. The molecule has 1 unspecified atom stereocenters. The molecule has 0 aromatic heterocycles. The first-order chi connectivity index (χ1) is 6.68. The number of sulfone groups is 1. The number of nitrogens with one attached hydrogen (secondary N) is 1. The second-order valence-electron chi connectivity index (χ2n) is 4.50. The molecule has 15 heavy (non-hydrogen) atoms. The third kappa shape index (κ3) is 4.44. The molecule has 0 saturated carbocycles. The number of nitrogens with two attached hydrogens (primary N) is 1. The van der Waals surface area contributed by atoms with Crippen molar-refractivity contribution in [2.45, 2.75) is 31.8 Å². The Kier molecular flexibility index (Phi) is 3.20. The fourth-order valence-electron chi connectivity index (χ4n) is 1.34. The van der Waals surface area contributed by atoms with Gasteiger partial charge in [0, 0.05) is 17.4 Å². The Morgan fingerprint density at radius 3 is 2.60 bits per heavy atom. The highest BCUT2D eigenvalue weighted by Crippen LogP contribution is 2.09. The van der Waals surface area contributed by atoms with Crippen LogP contribution in [0.4, 0.5) is 0 Å². The van der Waals surface area contributed by atoms with Gasteiger partial charge in [-0.15, -0.1) is 0 Å². The van der Waals surface area contributed by atoms with Crippen LogP contribution in [0.3, 0.4) is 0 Å². The van der Waals surface area contributed by atoms with E-state index >= 15 is 0 Å². The van der Waals surface area contributed by atoms with Crippen molar-refractivity contribution in [2.24, 2.45) is 5.73 Å². The lowest BCUT2D eigenvalue weighted by molar-refractivity contribution is -0.122. The van der Waals surface area contributed by atoms with Crippen molar-refractivity contribution in [3.8, 4) is 0 Å². The molecule has 5 nitrogen and oxygen atoms in total. The first kappa shape index (κ1) is 12.2. The van der Waals surface area contributed by atoms with Gasteiger partial charge in [0.2, 0.25) is 5.91 Å². The normalized spacial score (nSPS) is 24.1. The maximum atomic E-state index is 11.4. The van der Waals surface area contributed by atoms with Gasteiger partial charge in [0.05, 0.1) is 11.8 Å². The van der Waals surface area contributed by atoms with Crippen molar-refractivity contribution in [3.05, 3.63) is 11.5 Å². The highest BCUT2D eigenvalue weighted by atomic mass is 32.2. The number of carbonyl (C=O) groups excluding carboxylic acids is 1. The van der Waals surface area contributed by atoms with E-state index in [0.29, 0.717) is 0 Å². The van der Waals surface area contributed by atoms with Gasteiger partial charge in [-0.2, -0.15) is 0 Å². The summed E-state index contributed by atoms with van der Waals surface area (Å²) in [6.45, 7) is 3.49. The number of amides is 1. The molecule has 0 saturated heterocycles. The maximum absolute atomic E-state index is 11.4. The van der Waals surface area contributed by atoms with E-state index in [1.807, 2.05) is 0 Å². The van der Waals surface area contributed by atoms with Crippen molar-refractivity contribution < 1.29 is 13.2 Å². The largest absolute Gasteiger partial charge is 0.349 e.